The highest BCUT2D eigenvalue weighted by Crippen LogP contribution is 2.39. The molecule has 1 N–H and O–H groups in total. The van der Waals surface area contributed by atoms with E-state index >= 15 is 0 Å². The molecule has 90 valence electrons. The minimum Gasteiger partial charge on any atom is -0.503 e. The predicted octanol–water partition coefficient (Wildman–Crippen LogP) is 2.59. The molecule has 0 unspecified atom stereocenters. The fraction of sp³-hybridized carbons (Fsp3) is 0.375. The summed E-state index contributed by atoms with van der Waals surface area (Å²) in [5.74, 6) is -1.46. The van der Waals surface area contributed by atoms with Crippen LogP contribution in [-0.4, -0.2) is 23.6 Å². The molecule has 0 radical (unpaired) electrons. The zero-order valence-corrected chi connectivity index (χ0v) is 9.59. The van der Waals surface area contributed by atoms with Gasteiger partial charge in [-0.3, -0.25) is 0 Å². The van der Waals surface area contributed by atoms with Crippen molar-refractivity contribution in [1.29, 1.82) is 0 Å². The normalized spacial score (nSPS) is 11.3. The highest BCUT2D eigenvalue weighted by Gasteiger charge is 2.34. The molecule has 0 atom stereocenters. The lowest BCUT2D eigenvalue weighted by atomic mass is 10.2. The monoisotopic (exact) mass is 301 g/mol. The first-order valence-corrected chi connectivity index (χ1v) is 5.07. The third-order valence-electron chi connectivity index (χ3n) is 1.61. The van der Waals surface area contributed by atoms with Crippen molar-refractivity contribution in [2.45, 2.75) is 11.7 Å². The molecule has 4 nitrogen and oxygen atoms in total. The van der Waals surface area contributed by atoms with Crippen LogP contribution in [0, 0.1) is 0 Å². The van der Waals surface area contributed by atoms with Gasteiger partial charge in [-0.1, -0.05) is 15.9 Å². The molecule has 16 heavy (non-hydrogen) atoms. The number of aromatic hydroxyl groups is 1. The second-order valence-electron chi connectivity index (χ2n) is 2.64. The topological polar surface area (TPSA) is 51.6 Å². The molecule has 1 aromatic heterocycles. The molecule has 1 aromatic rings. The second-order valence-corrected chi connectivity index (χ2v) is 3.20. The molecule has 0 bridgehead atoms. The zero-order valence-electron chi connectivity index (χ0n) is 8.01. The summed E-state index contributed by atoms with van der Waals surface area (Å²) in [6.07, 6.45) is -4.06. The molecule has 0 fully saturated rings. The van der Waals surface area contributed by atoms with Crippen molar-refractivity contribution in [3.63, 3.8) is 0 Å². The lowest BCUT2D eigenvalue weighted by Gasteiger charge is -2.14. The van der Waals surface area contributed by atoms with Crippen molar-refractivity contribution in [1.82, 2.24) is 4.98 Å². The van der Waals surface area contributed by atoms with E-state index in [-0.39, 0.29) is 16.8 Å². The summed E-state index contributed by atoms with van der Waals surface area (Å²) >= 11 is 2.96. The maximum Gasteiger partial charge on any atom is 0.573 e. The quantitative estimate of drug-likeness (QED) is 0.872. The maximum atomic E-state index is 12.1. The van der Waals surface area contributed by atoms with Crippen molar-refractivity contribution < 1.29 is 27.8 Å². The number of alkyl halides is 4. The van der Waals surface area contributed by atoms with Gasteiger partial charge in [-0.05, 0) is 0 Å². The Morgan fingerprint density at radius 3 is 2.56 bits per heavy atom. The number of hydrogen-bond acceptors (Lipinski definition) is 4. The molecule has 0 amide bonds. The fourth-order valence-electron chi connectivity index (χ4n) is 1.03. The van der Waals surface area contributed by atoms with Crippen LogP contribution in [0.4, 0.5) is 13.2 Å². The number of nitrogens with zero attached hydrogens (tertiary/aromatic N) is 1. The smallest absolute Gasteiger partial charge is 0.503 e. The summed E-state index contributed by atoms with van der Waals surface area (Å²) in [5, 5.41) is 9.24. The first-order chi connectivity index (χ1) is 7.39. The van der Waals surface area contributed by atoms with Crippen molar-refractivity contribution >= 4 is 15.9 Å². The number of hydrogen-bond donors (Lipinski definition) is 1. The average molecular weight is 302 g/mol. The van der Waals surface area contributed by atoms with Crippen molar-refractivity contribution in [3.8, 4) is 17.4 Å². The molecule has 8 heteroatoms. The zero-order chi connectivity index (χ0) is 12.3. The van der Waals surface area contributed by atoms with E-state index in [4.69, 9.17) is 4.74 Å². The van der Waals surface area contributed by atoms with Crippen LogP contribution in [0.2, 0.25) is 0 Å². The van der Waals surface area contributed by atoms with Gasteiger partial charge in [-0.2, -0.15) is 0 Å². The van der Waals surface area contributed by atoms with Gasteiger partial charge < -0.3 is 14.6 Å². The van der Waals surface area contributed by atoms with Crippen molar-refractivity contribution in [3.05, 3.63) is 11.8 Å². The Hall–Kier alpha value is -1.18. The predicted molar refractivity (Wildman–Crippen MR) is 51.8 cm³/mol. The summed E-state index contributed by atoms with van der Waals surface area (Å²) in [4.78, 5) is 3.61. The van der Waals surface area contributed by atoms with Gasteiger partial charge in [0.15, 0.2) is 11.5 Å². The molecular formula is C8H7BrF3NO3. The third-order valence-corrected chi connectivity index (χ3v) is 2.17. The summed E-state index contributed by atoms with van der Waals surface area (Å²) in [7, 11) is 1.25. The molecule has 1 rings (SSSR count). The van der Waals surface area contributed by atoms with Gasteiger partial charge in [0.25, 0.3) is 0 Å². The Morgan fingerprint density at radius 2 is 2.12 bits per heavy atom. The van der Waals surface area contributed by atoms with E-state index in [1.54, 1.807) is 0 Å². The molecule has 0 saturated heterocycles. The van der Waals surface area contributed by atoms with E-state index < -0.39 is 17.9 Å². The van der Waals surface area contributed by atoms with Crippen LogP contribution in [0.3, 0.4) is 0 Å². The number of ether oxygens (including phenoxy) is 2. The first-order valence-electron chi connectivity index (χ1n) is 3.95. The summed E-state index contributed by atoms with van der Waals surface area (Å²) in [6, 6.07) is 0. The minimum atomic E-state index is -4.89. The molecule has 0 aliphatic rings. The Bertz CT molecular complexity index is 384. The van der Waals surface area contributed by atoms with Crippen LogP contribution in [0.25, 0.3) is 0 Å². The van der Waals surface area contributed by atoms with Crippen molar-refractivity contribution in [2.75, 3.05) is 7.11 Å². The molecule has 0 spiro atoms. The number of pyridine rings is 1. The van der Waals surface area contributed by atoms with Crippen LogP contribution in [0.5, 0.6) is 17.4 Å². The lowest BCUT2D eigenvalue weighted by molar-refractivity contribution is -0.275. The van der Waals surface area contributed by atoms with Gasteiger partial charge in [-0.15, -0.1) is 13.2 Å². The second kappa shape index (κ2) is 4.77. The standard InChI is InChI=1S/C8H7BrF3NO3/c1-15-7-4(2-9)6(5(14)3-13-7)16-8(10,11)12/h3,14H,2H2,1H3. The number of rotatable bonds is 3. The molecule has 1 heterocycles. The molecule has 0 aliphatic heterocycles. The number of methoxy groups -OCH3 is 1. The third kappa shape index (κ3) is 2.91. The van der Waals surface area contributed by atoms with Crippen LogP contribution in [0.15, 0.2) is 6.20 Å². The van der Waals surface area contributed by atoms with E-state index in [0.29, 0.717) is 0 Å². The van der Waals surface area contributed by atoms with E-state index in [1.165, 1.54) is 7.11 Å². The highest BCUT2D eigenvalue weighted by atomic mass is 79.9. The Labute approximate surface area is 97.1 Å². The fourth-order valence-corrected chi connectivity index (χ4v) is 1.53. The van der Waals surface area contributed by atoms with E-state index in [1.807, 2.05) is 0 Å². The average Bonchev–Trinajstić information content (AvgIpc) is 2.19. The van der Waals surface area contributed by atoms with Crippen LogP contribution in [-0.2, 0) is 5.33 Å². The van der Waals surface area contributed by atoms with Crippen molar-refractivity contribution in [2.24, 2.45) is 0 Å². The number of aromatic nitrogens is 1. The Kier molecular flexibility index (Phi) is 3.84. The van der Waals surface area contributed by atoms with E-state index in [9.17, 15) is 18.3 Å². The highest BCUT2D eigenvalue weighted by molar-refractivity contribution is 9.08. The maximum absolute atomic E-state index is 12.1. The van der Waals surface area contributed by atoms with Crippen LogP contribution in [0.1, 0.15) is 5.56 Å². The van der Waals surface area contributed by atoms with Gasteiger partial charge in [0, 0.05) is 5.33 Å². The van der Waals surface area contributed by atoms with Gasteiger partial charge in [0.2, 0.25) is 5.88 Å². The van der Waals surface area contributed by atoms with Gasteiger partial charge in [-0.25, -0.2) is 4.98 Å². The molecular weight excluding hydrogens is 295 g/mol. The molecule has 0 aliphatic carbocycles. The largest absolute Gasteiger partial charge is 0.573 e. The lowest BCUT2D eigenvalue weighted by Crippen LogP contribution is -2.18. The van der Waals surface area contributed by atoms with E-state index in [0.717, 1.165) is 6.20 Å². The molecule has 0 aromatic carbocycles. The van der Waals surface area contributed by atoms with Crippen LogP contribution < -0.4 is 9.47 Å². The SMILES string of the molecule is COc1ncc(O)c(OC(F)(F)F)c1CBr. The Balaban J connectivity index is 3.23. The molecule has 0 saturated carbocycles. The first kappa shape index (κ1) is 12.9. The van der Waals surface area contributed by atoms with Crippen LogP contribution >= 0.6 is 15.9 Å². The summed E-state index contributed by atoms with van der Waals surface area (Å²) < 4.78 is 44.6. The summed E-state index contributed by atoms with van der Waals surface area (Å²) in [5.41, 5.74) is -0.0141. The Morgan fingerprint density at radius 1 is 1.50 bits per heavy atom. The van der Waals surface area contributed by atoms with Gasteiger partial charge in [0.1, 0.15) is 0 Å². The van der Waals surface area contributed by atoms with Gasteiger partial charge in [0.05, 0.1) is 18.9 Å². The minimum absolute atomic E-state index is 0.00296. The van der Waals surface area contributed by atoms with E-state index in [2.05, 4.69) is 25.7 Å². The summed E-state index contributed by atoms with van der Waals surface area (Å²) in [6.45, 7) is 0. The number of halogens is 4. The van der Waals surface area contributed by atoms with Gasteiger partial charge >= 0.3 is 6.36 Å².